The Balaban J connectivity index is 1.56. The highest BCUT2D eigenvalue weighted by atomic mass is 35.5. The van der Waals surface area contributed by atoms with E-state index < -0.39 is 5.41 Å². The lowest BCUT2D eigenvalue weighted by Crippen LogP contribution is -2.25. The Morgan fingerprint density at radius 3 is 2.05 bits per heavy atom. The molecule has 1 spiro atoms. The second-order valence-electron chi connectivity index (χ2n) is 10.3. The Hall–Kier alpha value is -4.04. The molecule has 0 amide bonds. The van der Waals surface area contributed by atoms with Gasteiger partial charge in [0.25, 0.3) is 0 Å². The minimum Gasteiger partial charge on any atom is -0.455 e. The lowest BCUT2D eigenvalue weighted by atomic mass is 9.70. The zero-order valence-corrected chi connectivity index (χ0v) is 21.6. The van der Waals surface area contributed by atoms with Crippen LogP contribution in [-0.2, 0) is 5.41 Å². The van der Waals surface area contributed by atoms with Crippen molar-refractivity contribution in [1.29, 1.82) is 0 Å². The standard InChI is InChI=1S/C35H18Cl2O/c36-21-14-13-19-16-25-28(17-20(19)15-21)35(26-10-4-1-7-22(26)23-8-2-5-11-27(23)35)29-18-30(37)33-24-9-3-6-12-31(24)38-34(33)32(25)29/h1-18H. The first-order valence-corrected chi connectivity index (χ1v) is 13.5. The number of hydrogen-bond donors (Lipinski definition) is 0. The van der Waals surface area contributed by atoms with Gasteiger partial charge in [-0.05, 0) is 86.1 Å². The van der Waals surface area contributed by atoms with Crippen LogP contribution in [0.4, 0.5) is 0 Å². The van der Waals surface area contributed by atoms with E-state index in [4.69, 9.17) is 27.6 Å². The molecule has 0 aliphatic heterocycles. The van der Waals surface area contributed by atoms with Crippen LogP contribution in [0.3, 0.4) is 0 Å². The summed E-state index contributed by atoms with van der Waals surface area (Å²) in [5.74, 6) is 0. The Bertz CT molecular complexity index is 2120. The molecular weight excluding hydrogens is 507 g/mol. The Labute approximate surface area is 228 Å². The molecule has 178 valence electrons. The average molecular weight is 525 g/mol. The maximum Gasteiger partial charge on any atom is 0.145 e. The SMILES string of the molecule is Clc1ccc2cc3c(cc2c1)C1(c2ccccc2-c2ccccc21)c1cc(Cl)c2c(oc4ccccc42)c1-3. The van der Waals surface area contributed by atoms with Crippen LogP contribution in [0.15, 0.2) is 114 Å². The molecule has 0 radical (unpaired) electrons. The first-order valence-electron chi connectivity index (χ1n) is 12.7. The molecule has 38 heavy (non-hydrogen) atoms. The number of hydrogen-bond acceptors (Lipinski definition) is 1. The van der Waals surface area contributed by atoms with Crippen LogP contribution in [0.2, 0.25) is 10.0 Å². The predicted octanol–water partition coefficient (Wildman–Crippen LogP) is 10.4. The summed E-state index contributed by atoms with van der Waals surface area (Å²) in [5, 5.41) is 5.73. The van der Waals surface area contributed by atoms with Crippen LogP contribution in [0.1, 0.15) is 22.3 Å². The van der Waals surface area contributed by atoms with E-state index in [0.717, 1.165) is 43.3 Å². The topological polar surface area (TPSA) is 13.1 Å². The number of benzene rings is 6. The van der Waals surface area contributed by atoms with E-state index in [9.17, 15) is 0 Å². The highest BCUT2D eigenvalue weighted by molar-refractivity contribution is 6.39. The van der Waals surface area contributed by atoms with Crippen molar-refractivity contribution in [3.8, 4) is 22.3 Å². The molecular formula is C35H18Cl2O. The largest absolute Gasteiger partial charge is 0.455 e. The van der Waals surface area contributed by atoms with Gasteiger partial charge in [0.1, 0.15) is 11.2 Å². The molecule has 7 aromatic rings. The van der Waals surface area contributed by atoms with Crippen molar-refractivity contribution in [2.24, 2.45) is 0 Å². The third-order valence-electron chi connectivity index (χ3n) is 8.57. The molecule has 2 aliphatic rings. The van der Waals surface area contributed by atoms with E-state index in [-0.39, 0.29) is 0 Å². The smallest absolute Gasteiger partial charge is 0.145 e. The zero-order valence-electron chi connectivity index (χ0n) is 20.1. The molecule has 3 heteroatoms. The predicted molar refractivity (Wildman–Crippen MR) is 158 cm³/mol. The number of furan rings is 1. The van der Waals surface area contributed by atoms with Crippen molar-refractivity contribution in [1.82, 2.24) is 0 Å². The van der Waals surface area contributed by atoms with Gasteiger partial charge in [0.2, 0.25) is 0 Å². The number of rotatable bonds is 0. The van der Waals surface area contributed by atoms with Crippen molar-refractivity contribution in [2.75, 3.05) is 0 Å². The molecule has 9 rings (SSSR count). The highest BCUT2D eigenvalue weighted by Gasteiger charge is 2.52. The summed E-state index contributed by atoms with van der Waals surface area (Å²) in [4.78, 5) is 0. The van der Waals surface area contributed by atoms with Crippen molar-refractivity contribution >= 4 is 55.9 Å². The van der Waals surface area contributed by atoms with Crippen LogP contribution in [0.25, 0.3) is 55.0 Å². The van der Waals surface area contributed by atoms with Gasteiger partial charge in [-0.25, -0.2) is 0 Å². The Morgan fingerprint density at radius 2 is 1.26 bits per heavy atom. The van der Waals surface area contributed by atoms with E-state index in [1.54, 1.807) is 0 Å². The third kappa shape index (κ3) is 2.36. The Kier molecular flexibility index (Phi) is 3.90. The first-order chi connectivity index (χ1) is 18.7. The van der Waals surface area contributed by atoms with Gasteiger partial charge in [-0.1, -0.05) is 96.0 Å². The summed E-state index contributed by atoms with van der Waals surface area (Å²) in [5.41, 5.74) is 11.0. The van der Waals surface area contributed by atoms with Crippen molar-refractivity contribution in [3.63, 3.8) is 0 Å². The molecule has 6 aromatic carbocycles. The minimum absolute atomic E-state index is 0.509. The number of fused-ring (bicyclic) bond motifs is 15. The van der Waals surface area contributed by atoms with E-state index in [1.165, 1.54) is 38.9 Å². The van der Waals surface area contributed by atoms with Gasteiger partial charge in [-0.15, -0.1) is 0 Å². The van der Waals surface area contributed by atoms with Crippen LogP contribution in [0, 0.1) is 0 Å². The average Bonchev–Trinajstić information content (AvgIpc) is 3.56. The molecule has 0 saturated carbocycles. The molecule has 0 saturated heterocycles. The van der Waals surface area contributed by atoms with Crippen LogP contribution in [-0.4, -0.2) is 0 Å². The molecule has 2 aliphatic carbocycles. The van der Waals surface area contributed by atoms with Crippen LogP contribution < -0.4 is 0 Å². The Morgan fingerprint density at radius 1 is 0.553 bits per heavy atom. The molecule has 0 atom stereocenters. The zero-order chi connectivity index (χ0) is 25.2. The van der Waals surface area contributed by atoms with Gasteiger partial charge in [0.15, 0.2) is 0 Å². The summed E-state index contributed by atoms with van der Waals surface area (Å²) >= 11 is 13.7. The third-order valence-corrected chi connectivity index (χ3v) is 9.10. The van der Waals surface area contributed by atoms with Gasteiger partial charge in [0.05, 0.1) is 10.4 Å². The quantitative estimate of drug-likeness (QED) is 0.192. The summed E-state index contributed by atoms with van der Waals surface area (Å²) in [7, 11) is 0. The summed E-state index contributed by atoms with van der Waals surface area (Å²) < 4.78 is 6.64. The summed E-state index contributed by atoms with van der Waals surface area (Å²) in [6.45, 7) is 0. The molecule has 0 bridgehead atoms. The monoisotopic (exact) mass is 524 g/mol. The minimum atomic E-state index is -0.509. The van der Waals surface area contributed by atoms with Crippen LogP contribution in [0.5, 0.6) is 0 Å². The van der Waals surface area contributed by atoms with E-state index in [0.29, 0.717) is 5.02 Å². The van der Waals surface area contributed by atoms with Gasteiger partial charge in [-0.3, -0.25) is 0 Å². The maximum atomic E-state index is 7.17. The summed E-state index contributed by atoms with van der Waals surface area (Å²) in [6.07, 6.45) is 0. The highest BCUT2D eigenvalue weighted by Crippen LogP contribution is 2.65. The van der Waals surface area contributed by atoms with Crippen molar-refractivity contribution < 1.29 is 4.42 Å². The second-order valence-corrected chi connectivity index (χ2v) is 11.2. The van der Waals surface area contributed by atoms with Gasteiger partial charge in [0, 0.05) is 21.4 Å². The molecule has 1 heterocycles. The normalized spacial score (nSPS) is 14.3. The second kappa shape index (κ2) is 7.08. The first kappa shape index (κ1) is 21.0. The van der Waals surface area contributed by atoms with Crippen molar-refractivity contribution in [3.05, 3.63) is 141 Å². The van der Waals surface area contributed by atoms with Gasteiger partial charge >= 0.3 is 0 Å². The fraction of sp³-hybridized carbons (Fsp3) is 0.0286. The fourth-order valence-corrected chi connectivity index (χ4v) is 7.64. The van der Waals surface area contributed by atoms with Crippen LogP contribution >= 0.6 is 23.2 Å². The van der Waals surface area contributed by atoms with E-state index >= 15 is 0 Å². The van der Waals surface area contributed by atoms with Gasteiger partial charge < -0.3 is 4.42 Å². The van der Waals surface area contributed by atoms with Gasteiger partial charge in [-0.2, -0.15) is 0 Å². The lowest BCUT2D eigenvalue weighted by molar-refractivity contribution is 0.669. The molecule has 1 aromatic heterocycles. The van der Waals surface area contributed by atoms with Crippen molar-refractivity contribution in [2.45, 2.75) is 5.41 Å². The summed E-state index contributed by atoms with van der Waals surface area (Å²) in [6, 6.07) is 38.7. The number of para-hydroxylation sites is 1. The molecule has 1 nitrogen and oxygen atoms in total. The molecule has 0 N–H and O–H groups in total. The van der Waals surface area contributed by atoms with E-state index in [1.807, 2.05) is 24.3 Å². The number of halogens is 2. The maximum absolute atomic E-state index is 7.17. The lowest BCUT2D eigenvalue weighted by Gasteiger charge is -2.30. The molecule has 0 unspecified atom stereocenters. The fourth-order valence-electron chi connectivity index (χ4n) is 7.16. The van der Waals surface area contributed by atoms with E-state index in [2.05, 4.69) is 84.9 Å². The molecule has 0 fully saturated rings.